The van der Waals surface area contributed by atoms with E-state index in [4.69, 9.17) is 5.14 Å². The van der Waals surface area contributed by atoms with Crippen molar-refractivity contribution in [3.05, 3.63) is 84.6 Å². The largest absolute Gasteiger partial charge is 0.287 e. The fraction of sp³-hybridized carbons (Fsp3) is 0. The van der Waals surface area contributed by atoms with Crippen LogP contribution in [-0.4, -0.2) is 8.42 Å². The lowest BCUT2D eigenvalue weighted by atomic mass is 10.1. The van der Waals surface area contributed by atoms with Gasteiger partial charge >= 0.3 is 0 Å². The van der Waals surface area contributed by atoms with Gasteiger partial charge < -0.3 is 0 Å². The Morgan fingerprint density at radius 1 is 0.800 bits per heavy atom. The van der Waals surface area contributed by atoms with Crippen LogP contribution in [0.15, 0.2) is 72.9 Å². The van der Waals surface area contributed by atoms with Crippen LogP contribution in [0.5, 0.6) is 0 Å². The van der Waals surface area contributed by atoms with E-state index in [0.717, 1.165) is 0 Å². The monoisotopic (exact) mass is 357 g/mol. The van der Waals surface area contributed by atoms with Crippen LogP contribution < -0.4 is 32.2 Å². The standard InChI is InChI=1S/C16H11N3O5S/c17-25(23,24)10-7-5-9(6-8-10)18-19-13-14(20)11-3-1-2-4-12(11)15(21)16(13)22/h1-8,18H,(H2,17,23,24)/b19-13-. The van der Waals surface area contributed by atoms with Crippen LogP contribution in [0.1, 0.15) is 0 Å². The van der Waals surface area contributed by atoms with Gasteiger partial charge in [0.25, 0.3) is 5.43 Å². The van der Waals surface area contributed by atoms with Gasteiger partial charge in [-0.05, 0) is 24.3 Å². The van der Waals surface area contributed by atoms with E-state index in [1.165, 1.54) is 36.4 Å². The van der Waals surface area contributed by atoms with Gasteiger partial charge in [0.05, 0.1) is 10.6 Å². The fourth-order valence-electron chi connectivity index (χ4n) is 2.28. The summed E-state index contributed by atoms with van der Waals surface area (Å²) in [6.45, 7) is 0. The summed E-state index contributed by atoms with van der Waals surface area (Å²) >= 11 is 0. The number of fused-ring (bicyclic) bond motifs is 1. The first kappa shape index (κ1) is 16.7. The van der Waals surface area contributed by atoms with Gasteiger partial charge in [-0.1, -0.05) is 24.3 Å². The summed E-state index contributed by atoms with van der Waals surface area (Å²) in [5.41, 5.74) is 0.309. The molecule has 0 aliphatic carbocycles. The summed E-state index contributed by atoms with van der Waals surface area (Å²) in [5, 5.41) is 8.34. The van der Waals surface area contributed by atoms with Crippen molar-refractivity contribution in [3.63, 3.8) is 0 Å². The number of rotatable bonds is 3. The molecule has 0 fully saturated rings. The van der Waals surface area contributed by atoms with Gasteiger partial charge in [-0.25, -0.2) is 13.6 Å². The Labute approximate surface area is 140 Å². The Morgan fingerprint density at radius 3 is 1.92 bits per heavy atom. The SMILES string of the molecule is NS(=O)(=O)c1ccc(N/N=c2\c(=O)c(=O)c3ccccc3c2=O)cc1. The van der Waals surface area contributed by atoms with Crippen molar-refractivity contribution >= 4 is 26.5 Å². The average molecular weight is 357 g/mol. The summed E-state index contributed by atoms with van der Waals surface area (Å²) in [6, 6.07) is 11.2. The summed E-state index contributed by atoms with van der Waals surface area (Å²) in [6.07, 6.45) is 0. The maximum atomic E-state index is 12.3. The minimum atomic E-state index is -3.83. The van der Waals surface area contributed by atoms with Gasteiger partial charge in [0.15, 0.2) is 5.36 Å². The average Bonchev–Trinajstić information content (AvgIpc) is 2.59. The second kappa shape index (κ2) is 6.04. The molecule has 0 saturated heterocycles. The maximum absolute atomic E-state index is 12.3. The van der Waals surface area contributed by atoms with Gasteiger partial charge in [-0.2, -0.15) is 5.10 Å². The number of sulfonamides is 1. The van der Waals surface area contributed by atoms with Crippen molar-refractivity contribution in [2.45, 2.75) is 4.90 Å². The number of hydrogen-bond acceptors (Lipinski definition) is 7. The lowest BCUT2D eigenvalue weighted by Crippen LogP contribution is -2.48. The Balaban J connectivity index is 2.10. The molecule has 0 aliphatic heterocycles. The second-order valence-electron chi connectivity index (χ2n) is 5.17. The van der Waals surface area contributed by atoms with Crippen LogP contribution >= 0.6 is 0 Å². The van der Waals surface area contributed by atoms with Crippen LogP contribution in [0.2, 0.25) is 0 Å². The van der Waals surface area contributed by atoms with Crippen LogP contribution in [0.25, 0.3) is 10.8 Å². The van der Waals surface area contributed by atoms with Crippen molar-refractivity contribution in [3.8, 4) is 0 Å². The molecule has 3 rings (SSSR count). The zero-order valence-electron chi connectivity index (χ0n) is 12.6. The van der Waals surface area contributed by atoms with Gasteiger partial charge in [0.1, 0.15) is 0 Å². The van der Waals surface area contributed by atoms with Crippen molar-refractivity contribution in [1.82, 2.24) is 0 Å². The number of nitrogens with zero attached hydrogens (tertiary/aromatic N) is 1. The number of hydrogen-bond donors (Lipinski definition) is 2. The fourth-order valence-corrected chi connectivity index (χ4v) is 2.80. The minimum absolute atomic E-state index is 0.0500. The summed E-state index contributed by atoms with van der Waals surface area (Å²) in [7, 11) is -3.83. The Kier molecular flexibility index (Phi) is 4.03. The first-order chi connectivity index (χ1) is 11.8. The predicted molar refractivity (Wildman–Crippen MR) is 92.1 cm³/mol. The molecule has 0 heterocycles. The first-order valence-electron chi connectivity index (χ1n) is 6.98. The van der Waals surface area contributed by atoms with Crippen molar-refractivity contribution in [2.75, 3.05) is 5.43 Å². The smallest absolute Gasteiger partial charge is 0.257 e. The topological polar surface area (TPSA) is 136 Å². The number of anilines is 1. The number of primary sulfonamides is 1. The molecule has 3 aromatic rings. The van der Waals surface area contributed by atoms with E-state index < -0.39 is 31.7 Å². The molecular formula is C16H11N3O5S. The van der Waals surface area contributed by atoms with Crippen LogP contribution in [0, 0.1) is 0 Å². The van der Waals surface area contributed by atoms with Gasteiger partial charge in [0.2, 0.25) is 20.9 Å². The molecular weight excluding hydrogens is 346 g/mol. The molecule has 0 amide bonds. The third kappa shape index (κ3) is 3.10. The van der Waals surface area contributed by atoms with Crippen LogP contribution in [0.4, 0.5) is 5.69 Å². The molecule has 3 N–H and O–H groups in total. The highest BCUT2D eigenvalue weighted by Crippen LogP contribution is 2.12. The highest BCUT2D eigenvalue weighted by Gasteiger charge is 2.10. The van der Waals surface area contributed by atoms with Crippen molar-refractivity contribution in [1.29, 1.82) is 0 Å². The van der Waals surface area contributed by atoms with Gasteiger partial charge in [0, 0.05) is 10.8 Å². The molecule has 0 atom stereocenters. The van der Waals surface area contributed by atoms with E-state index >= 15 is 0 Å². The number of nitrogens with two attached hydrogens (primary N) is 1. The molecule has 0 bridgehead atoms. The number of nitrogens with one attached hydrogen (secondary N) is 1. The third-order valence-corrected chi connectivity index (χ3v) is 4.46. The lowest BCUT2D eigenvalue weighted by molar-refractivity contribution is 0.598. The van der Waals surface area contributed by atoms with Crippen LogP contribution in [-0.2, 0) is 10.0 Å². The van der Waals surface area contributed by atoms with E-state index in [9.17, 15) is 22.8 Å². The Bertz CT molecular complexity index is 1290. The number of benzene rings is 3. The van der Waals surface area contributed by atoms with E-state index in [-0.39, 0.29) is 15.7 Å². The summed E-state index contributed by atoms with van der Waals surface area (Å²) < 4.78 is 22.4. The zero-order chi connectivity index (χ0) is 18.2. The predicted octanol–water partition coefficient (Wildman–Crippen LogP) is -0.629. The highest BCUT2D eigenvalue weighted by molar-refractivity contribution is 7.89. The first-order valence-corrected chi connectivity index (χ1v) is 8.53. The van der Waals surface area contributed by atoms with Gasteiger partial charge in [-0.3, -0.25) is 19.8 Å². The quantitative estimate of drug-likeness (QED) is 0.473. The third-order valence-electron chi connectivity index (χ3n) is 3.53. The second-order valence-corrected chi connectivity index (χ2v) is 6.74. The van der Waals surface area contributed by atoms with Crippen molar-refractivity contribution in [2.24, 2.45) is 10.2 Å². The molecule has 0 spiro atoms. The minimum Gasteiger partial charge on any atom is -0.287 e. The molecule has 0 saturated carbocycles. The Hall–Kier alpha value is -3.17. The molecule has 126 valence electrons. The van der Waals surface area contributed by atoms with E-state index in [1.807, 2.05) is 0 Å². The van der Waals surface area contributed by atoms with E-state index in [1.54, 1.807) is 12.1 Å². The molecule has 0 radical (unpaired) electrons. The molecule has 8 nitrogen and oxygen atoms in total. The van der Waals surface area contributed by atoms with Gasteiger partial charge in [-0.15, -0.1) is 0 Å². The maximum Gasteiger partial charge on any atom is 0.257 e. The lowest BCUT2D eigenvalue weighted by Gasteiger charge is -2.01. The van der Waals surface area contributed by atoms with E-state index in [2.05, 4.69) is 10.5 Å². The normalized spacial score (nSPS) is 12.4. The molecule has 0 unspecified atom stereocenters. The molecule has 9 heteroatoms. The molecule has 3 aromatic carbocycles. The molecule has 25 heavy (non-hydrogen) atoms. The summed E-state index contributed by atoms with van der Waals surface area (Å²) in [5.74, 6) is 0. The highest BCUT2D eigenvalue weighted by atomic mass is 32.2. The molecule has 0 aromatic heterocycles. The summed E-state index contributed by atoms with van der Waals surface area (Å²) in [4.78, 5) is 36.4. The Morgan fingerprint density at radius 2 is 1.36 bits per heavy atom. The van der Waals surface area contributed by atoms with Crippen molar-refractivity contribution < 1.29 is 8.42 Å². The van der Waals surface area contributed by atoms with Crippen LogP contribution in [0.3, 0.4) is 0 Å². The molecule has 0 aliphatic rings. The zero-order valence-corrected chi connectivity index (χ0v) is 13.4. The van der Waals surface area contributed by atoms with E-state index in [0.29, 0.717) is 5.69 Å².